The van der Waals surface area contributed by atoms with Gasteiger partial charge in [0.25, 0.3) is 0 Å². The highest BCUT2D eigenvalue weighted by molar-refractivity contribution is 7.99. The van der Waals surface area contributed by atoms with Gasteiger partial charge in [0.15, 0.2) is 0 Å². The van der Waals surface area contributed by atoms with Crippen molar-refractivity contribution >= 4 is 11.8 Å². The zero-order chi connectivity index (χ0) is 9.97. The predicted octanol–water partition coefficient (Wildman–Crippen LogP) is 1.55. The number of nitrogens with two attached hydrogens (primary N) is 1. The van der Waals surface area contributed by atoms with Gasteiger partial charge in [0.2, 0.25) is 0 Å². The second kappa shape index (κ2) is 4.86. The van der Waals surface area contributed by atoms with Crippen LogP contribution < -0.4 is 5.73 Å². The molecule has 2 fully saturated rings. The van der Waals surface area contributed by atoms with Crippen molar-refractivity contribution in [3.63, 3.8) is 0 Å². The number of piperidine rings is 1. The van der Waals surface area contributed by atoms with Gasteiger partial charge in [0.05, 0.1) is 0 Å². The van der Waals surface area contributed by atoms with Crippen LogP contribution in [0.4, 0.5) is 0 Å². The molecule has 0 aliphatic carbocycles. The van der Waals surface area contributed by atoms with Gasteiger partial charge in [-0.25, -0.2) is 0 Å². The zero-order valence-electron chi connectivity index (χ0n) is 9.11. The van der Waals surface area contributed by atoms with E-state index < -0.39 is 0 Å². The minimum absolute atomic E-state index is 0.448. The molecule has 0 spiro atoms. The van der Waals surface area contributed by atoms with E-state index >= 15 is 0 Å². The van der Waals surface area contributed by atoms with Crippen molar-refractivity contribution in [2.75, 3.05) is 24.6 Å². The summed E-state index contributed by atoms with van der Waals surface area (Å²) in [7, 11) is 0. The molecule has 82 valence electrons. The maximum atomic E-state index is 6.04. The number of likely N-dealkylation sites (tertiary alicyclic amines) is 1. The summed E-state index contributed by atoms with van der Waals surface area (Å²) in [6.07, 6.45) is 3.99. The van der Waals surface area contributed by atoms with Crippen LogP contribution in [0.5, 0.6) is 0 Å². The van der Waals surface area contributed by atoms with Crippen LogP contribution in [0.3, 0.4) is 0 Å². The Labute approximate surface area is 91.6 Å². The van der Waals surface area contributed by atoms with Crippen molar-refractivity contribution in [1.82, 2.24) is 4.90 Å². The lowest BCUT2D eigenvalue weighted by molar-refractivity contribution is 0.110. The van der Waals surface area contributed by atoms with E-state index in [-0.39, 0.29) is 0 Å². The fraction of sp³-hybridized carbons (Fsp3) is 1.00. The van der Waals surface area contributed by atoms with Crippen LogP contribution in [0.2, 0.25) is 0 Å². The van der Waals surface area contributed by atoms with E-state index in [2.05, 4.69) is 23.6 Å². The maximum absolute atomic E-state index is 6.04. The third-order valence-corrected chi connectivity index (χ3v) is 4.76. The van der Waals surface area contributed by atoms with Gasteiger partial charge >= 0.3 is 0 Å². The quantitative estimate of drug-likeness (QED) is 0.718. The Morgan fingerprint density at radius 3 is 2.57 bits per heavy atom. The monoisotopic (exact) mass is 214 g/mol. The average molecular weight is 214 g/mol. The minimum Gasteiger partial charge on any atom is -0.327 e. The highest BCUT2D eigenvalue weighted by atomic mass is 32.2. The lowest BCUT2D eigenvalue weighted by atomic mass is 9.93. The molecule has 0 radical (unpaired) electrons. The molecule has 2 aliphatic rings. The molecule has 0 aromatic carbocycles. The van der Waals surface area contributed by atoms with Crippen LogP contribution in [0.1, 0.15) is 26.2 Å². The molecule has 3 heteroatoms. The second-order valence-electron chi connectivity index (χ2n) is 4.77. The summed E-state index contributed by atoms with van der Waals surface area (Å²) in [6.45, 7) is 4.77. The first kappa shape index (κ1) is 10.8. The Morgan fingerprint density at radius 1 is 1.21 bits per heavy atom. The van der Waals surface area contributed by atoms with Gasteiger partial charge in [-0.2, -0.15) is 11.8 Å². The fourth-order valence-electron chi connectivity index (χ4n) is 2.58. The Morgan fingerprint density at radius 2 is 1.93 bits per heavy atom. The third-order valence-electron chi connectivity index (χ3n) is 3.71. The Bertz CT molecular complexity index is 180. The molecule has 2 atom stereocenters. The Kier molecular flexibility index (Phi) is 3.74. The molecular weight excluding hydrogens is 192 g/mol. The molecule has 0 saturated carbocycles. The first-order valence-electron chi connectivity index (χ1n) is 5.85. The molecule has 2 rings (SSSR count). The van der Waals surface area contributed by atoms with Crippen LogP contribution in [0.15, 0.2) is 0 Å². The molecular formula is C11H22N2S. The van der Waals surface area contributed by atoms with Crippen molar-refractivity contribution < 1.29 is 0 Å². The fourth-order valence-corrected chi connectivity index (χ4v) is 3.66. The molecule has 0 bridgehead atoms. The van der Waals surface area contributed by atoms with E-state index in [1.807, 2.05) is 0 Å². The van der Waals surface area contributed by atoms with Gasteiger partial charge < -0.3 is 5.73 Å². The van der Waals surface area contributed by atoms with Crippen LogP contribution in [-0.2, 0) is 0 Å². The smallest absolute Gasteiger partial charge is 0.0111 e. The van der Waals surface area contributed by atoms with Crippen LogP contribution in [-0.4, -0.2) is 41.6 Å². The first-order valence-corrected chi connectivity index (χ1v) is 7.00. The van der Waals surface area contributed by atoms with Gasteiger partial charge in [-0.3, -0.25) is 4.90 Å². The van der Waals surface area contributed by atoms with E-state index in [1.54, 1.807) is 0 Å². The molecule has 0 aromatic heterocycles. The lowest BCUT2D eigenvalue weighted by Gasteiger charge is -2.41. The largest absolute Gasteiger partial charge is 0.327 e. The number of thioether (sulfide) groups is 1. The summed E-state index contributed by atoms with van der Waals surface area (Å²) in [5.74, 6) is 3.42. The highest BCUT2D eigenvalue weighted by Crippen LogP contribution is 2.25. The molecule has 14 heavy (non-hydrogen) atoms. The number of hydrogen-bond donors (Lipinski definition) is 1. The summed E-state index contributed by atoms with van der Waals surface area (Å²) in [4.78, 5) is 2.69. The molecule has 2 unspecified atom stereocenters. The summed E-state index contributed by atoms with van der Waals surface area (Å²) in [6, 6.07) is 1.32. The number of hydrogen-bond acceptors (Lipinski definition) is 3. The van der Waals surface area contributed by atoms with Gasteiger partial charge in [-0.1, -0.05) is 6.92 Å². The van der Waals surface area contributed by atoms with Crippen LogP contribution in [0.25, 0.3) is 0 Å². The van der Waals surface area contributed by atoms with Crippen molar-refractivity contribution in [2.24, 2.45) is 11.7 Å². The summed E-state index contributed by atoms with van der Waals surface area (Å²) in [5, 5.41) is 0. The van der Waals surface area contributed by atoms with Gasteiger partial charge in [0.1, 0.15) is 0 Å². The second-order valence-corrected chi connectivity index (χ2v) is 5.99. The van der Waals surface area contributed by atoms with Gasteiger partial charge in [-0.15, -0.1) is 0 Å². The van der Waals surface area contributed by atoms with E-state index in [0.29, 0.717) is 12.0 Å². The topological polar surface area (TPSA) is 29.3 Å². The number of nitrogens with zero attached hydrogens (tertiary/aromatic N) is 1. The zero-order valence-corrected chi connectivity index (χ0v) is 9.93. The van der Waals surface area contributed by atoms with Crippen molar-refractivity contribution in [2.45, 2.75) is 38.3 Å². The molecule has 2 aliphatic heterocycles. The van der Waals surface area contributed by atoms with E-state index in [9.17, 15) is 0 Å². The molecule has 2 saturated heterocycles. The highest BCUT2D eigenvalue weighted by Gasteiger charge is 2.28. The first-order chi connectivity index (χ1) is 6.77. The van der Waals surface area contributed by atoms with Crippen molar-refractivity contribution in [1.29, 1.82) is 0 Å². The minimum atomic E-state index is 0.448. The maximum Gasteiger partial charge on any atom is 0.0111 e. The Balaban J connectivity index is 1.85. The normalized spacial score (nSPS) is 37.3. The van der Waals surface area contributed by atoms with Gasteiger partial charge in [0, 0.05) is 18.6 Å². The van der Waals surface area contributed by atoms with Crippen LogP contribution in [0, 0.1) is 5.92 Å². The number of rotatable bonds is 1. The van der Waals surface area contributed by atoms with Crippen molar-refractivity contribution in [3.8, 4) is 0 Å². The van der Waals surface area contributed by atoms with E-state index in [0.717, 1.165) is 6.04 Å². The average Bonchev–Trinajstić information content (AvgIpc) is 2.23. The molecule has 2 N–H and O–H groups in total. The van der Waals surface area contributed by atoms with Crippen molar-refractivity contribution in [3.05, 3.63) is 0 Å². The molecule has 2 nitrogen and oxygen atoms in total. The van der Waals surface area contributed by atoms with Gasteiger partial charge in [-0.05, 0) is 43.2 Å². The summed E-state index contributed by atoms with van der Waals surface area (Å²) < 4.78 is 0. The van der Waals surface area contributed by atoms with E-state index in [4.69, 9.17) is 5.73 Å². The Hall–Kier alpha value is 0.270. The summed E-state index contributed by atoms with van der Waals surface area (Å²) >= 11 is 2.11. The third kappa shape index (κ3) is 2.44. The predicted molar refractivity (Wildman–Crippen MR) is 63.7 cm³/mol. The molecule has 2 heterocycles. The molecule has 0 amide bonds. The van der Waals surface area contributed by atoms with E-state index in [1.165, 1.54) is 43.9 Å². The summed E-state index contributed by atoms with van der Waals surface area (Å²) in [5.41, 5.74) is 6.04. The lowest BCUT2D eigenvalue weighted by Crippen LogP contribution is -2.50. The SMILES string of the molecule is CC1CN(C2CCSCC2)CCC1N. The standard InChI is InChI=1S/C11H22N2S/c1-9-8-13(5-2-11(9)12)10-3-6-14-7-4-10/h9-11H,2-8,12H2,1H3. The molecule has 0 aromatic rings. The van der Waals surface area contributed by atoms with Crippen LogP contribution >= 0.6 is 11.8 Å².